The Balaban J connectivity index is 2.19. The van der Waals surface area contributed by atoms with Gasteiger partial charge in [0.05, 0.1) is 5.92 Å². The minimum absolute atomic E-state index is 0.296. The van der Waals surface area contributed by atoms with Gasteiger partial charge in [0.25, 0.3) is 0 Å². The van der Waals surface area contributed by atoms with Crippen LogP contribution < -0.4 is 0 Å². The van der Waals surface area contributed by atoms with Gasteiger partial charge in [-0.1, -0.05) is 73.5 Å². The first-order valence-corrected chi connectivity index (χ1v) is 10.4. The molecule has 0 saturated carbocycles. The van der Waals surface area contributed by atoms with Crippen molar-refractivity contribution < 1.29 is 19.6 Å². The summed E-state index contributed by atoms with van der Waals surface area (Å²) in [6.07, 6.45) is 0.743. The molecule has 0 radical (unpaired) electrons. The van der Waals surface area contributed by atoms with Gasteiger partial charge in [-0.2, -0.15) is 9.78 Å². The first-order chi connectivity index (χ1) is 14.1. The molecular weight excluding hydrogens is 376 g/mol. The molecule has 0 saturated heterocycles. The van der Waals surface area contributed by atoms with Crippen molar-refractivity contribution in [3.05, 3.63) is 71.8 Å². The lowest BCUT2D eigenvalue weighted by molar-refractivity contribution is -0.549. The van der Waals surface area contributed by atoms with E-state index in [1.807, 2.05) is 102 Å². The summed E-state index contributed by atoms with van der Waals surface area (Å²) in [5.41, 5.74) is 0.618. The van der Waals surface area contributed by atoms with Gasteiger partial charge < -0.3 is 0 Å². The van der Waals surface area contributed by atoms with Crippen molar-refractivity contribution in [2.24, 2.45) is 5.92 Å². The third kappa shape index (κ3) is 6.42. The van der Waals surface area contributed by atoms with E-state index in [9.17, 15) is 0 Å². The predicted molar refractivity (Wildman–Crippen MR) is 119 cm³/mol. The van der Waals surface area contributed by atoms with Crippen LogP contribution in [0.2, 0.25) is 0 Å². The standard InChI is InChI=1S/C26H34O4/c1-8-9-16-21(2)26(7,29-27-24(3,4)22-17-12-10-13-18-22)30-28-25(5,6)23-19-14-11-15-20-23/h10-15,17-21H,8H2,1-7H3. The molecule has 0 aliphatic carbocycles. The van der Waals surface area contributed by atoms with E-state index >= 15 is 0 Å². The fourth-order valence-corrected chi connectivity index (χ4v) is 2.69. The highest BCUT2D eigenvalue weighted by molar-refractivity contribution is 5.21. The van der Waals surface area contributed by atoms with E-state index in [2.05, 4.69) is 11.8 Å². The molecule has 162 valence electrons. The third-order valence-corrected chi connectivity index (χ3v) is 5.05. The van der Waals surface area contributed by atoms with E-state index < -0.39 is 17.0 Å². The fourth-order valence-electron chi connectivity index (χ4n) is 2.69. The molecule has 2 aromatic carbocycles. The van der Waals surface area contributed by atoms with Crippen LogP contribution in [0.4, 0.5) is 0 Å². The van der Waals surface area contributed by atoms with Crippen LogP contribution in [0.25, 0.3) is 0 Å². The molecule has 0 N–H and O–H groups in total. The number of hydrogen-bond acceptors (Lipinski definition) is 4. The molecule has 30 heavy (non-hydrogen) atoms. The van der Waals surface area contributed by atoms with Crippen LogP contribution in [0.1, 0.15) is 66.0 Å². The molecule has 0 bridgehead atoms. The lowest BCUT2D eigenvalue weighted by atomic mass is 9.98. The van der Waals surface area contributed by atoms with Gasteiger partial charge in [-0.05, 0) is 52.7 Å². The molecule has 4 heteroatoms. The second kappa shape index (κ2) is 10.2. The monoisotopic (exact) mass is 410 g/mol. The Kier molecular flexibility index (Phi) is 8.23. The van der Waals surface area contributed by atoms with Crippen LogP contribution in [0.15, 0.2) is 60.7 Å². The molecule has 0 amide bonds. The molecule has 1 atom stereocenters. The predicted octanol–water partition coefficient (Wildman–Crippen LogP) is 6.52. The summed E-state index contributed by atoms with van der Waals surface area (Å²) >= 11 is 0. The minimum Gasteiger partial charge on any atom is -0.223 e. The molecule has 0 aliphatic heterocycles. The molecule has 0 aromatic heterocycles. The van der Waals surface area contributed by atoms with E-state index in [0.717, 1.165) is 17.5 Å². The second-order valence-corrected chi connectivity index (χ2v) is 8.50. The highest BCUT2D eigenvalue weighted by atomic mass is 17.3. The summed E-state index contributed by atoms with van der Waals surface area (Å²) in [5, 5.41) is 0. The van der Waals surface area contributed by atoms with Crippen molar-refractivity contribution in [1.29, 1.82) is 0 Å². The molecule has 0 fully saturated rings. The summed E-state index contributed by atoms with van der Waals surface area (Å²) in [5.74, 6) is 4.72. The van der Waals surface area contributed by atoms with Crippen LogP contribution in [0.5, 0.6) is 0 Å². The van der Waals surface area contributed by atoms with Gasteiger partial charge >= 0.3 is 0 Å². The van der Waals surface area contributed by atoms with Gasteiger partial charge in [0.15, 0.2) is 0 Å². The third-order valence-electron chi connectivity index (χ3n) is 5.05. The van der Waals surface area contributed by atoms with Gasteiger partial charge in [0, 0.05) is 6.42 Å². The minimum atomic E-state index is -1.24. The molecule has 1 unspecified atom stereocenters. The highest BCUT2D eigenvalue weighted by Gasteiger charge is 2.40. The smallest absolute Gasteiger partial charge is 0.223 e. The average molecular weight is 411 g/mol. The Hall–Kier alpha value is -2.16. The maximum absolute atomic E-state index is 5.89. The highest BCUT2D eigenvalue weighted by Crippen LogP contribution is 2.34. The van der Waals surface area contributed by atoms with Crippen molar-refractivity contribution in [3.63, 3.8) is 0 Å². The van der Waals surface area contributed by atoms with Crippen LogP contribution in [-0.2, 0) is 30.8 Å². The molecule has 0 aliphatic rings. The van der Waals surface area contributed by atoms with Crippen molar-refractivity contribution in [1.82, 2.24) is 0 Å². The van der Waals surface area contributed by atoms with Crippen LogP contribution in [0.3, 0.4) is 0 Å². The van der Waals surface area contributed by atoms with E-state index in [4.69, 9.17) is 19.6 Å². The largest absolute Gasteiger partial charge is 0.244 e. The Morgan fingerprint density at radius 2 is 1.10 bits per heavy atom. The first-order valence-electron chi connectivity index (χ1n) is 10.4. The first kappa shape index (κ1) is 24.1. The molecule has 2 aromatic rings. The maximum atomic E-state index is 5.89. The molecular formula is C26H34O4. The number of benzene rings is 2. The normalized spacial score (nSPS) is 13.4. The Morgan fingerprint density at radius 3 is 1.47 bits per heavy atom. The molecule has 0 spiro atoms. The topological polar surface area (TPSA) is 36.9 Å². The van der Waals surface area contributed by atoms with Crippen molar-refractivity contribution in [3.8, 4) is 11.8 Å². The fraction of sp³-hybridized carbons (Fsp3) is 0.462. The Morgan fingerprint density at radius 1 is 0.700 bits per heavy atom. The van der Waals surface area contributed by atoms with Gasteiger partial charge in [-0.15, -0.1) is 5.92 Å². The summed E-state index contributed by atoms with van der Waals surface area (Å²) < 4.78 is 0. The zero-order valence-corrected chi connectivity index (χ0v) is 19.2. The zero-order valence-electron chi connectivity index (χ0n) is 19.2. The van der Waals surface area contributed by atoms with Gasteiger partial charge in [0.1, 0.15) is 11.2 Å². The van der Waals surface area contributed by atoms with Crippen molar-refractivity contribution in [2.75, 3.05) is 0 Å². The Bertz CT molecular complexity index is 776. The summed E-state index contributed by atoms with van der Waals surface area (Å²) in [6, 6.07) is 19.8. The molecule has 4 nitrogen and oxygen atoms in total. The summed E-state index contributed by atoms with van der Waals surface area (Å²) in [6.45, 7) is 13.5. The van der Waals surface area contributed by atoms with E-state index in [0.29, 0.717) is 0 Å². The summed E-state index contributed by atoms with van der Waals surface area (Å²) in [4.78, 5) is 23.5. The Labute approximate surface area is 181 Å². The summed E-state index contributed by atoms with van der Waals surface area (Å²) in [7, 11) is 0. The number of rotatable bonds is 9. The SMILES string of the molecule is CCC#CC(C)C(C)(OOC(C)(C)c1ccccc1)OOC(C)(C)c1ccccc1. The van der Waals surface area contributed by atoms with Gasteiger partial charge in [-0.25, -0.2) is 9.78 Å². The van der Waals surface area contributed by atoms with E-state index in [1.54, 1.807) is 6.92 Å². The van der Waals surface area contributed by atoms with Gasteiger partial charge in [-0.3, -0.25) is 0 Å². The van der Waals surface area contributed by atoms with Crippen molar-refractivity contribution in [2.45, 2.75) is 71.9 Å². The van der Waals surface area contributed by atoms with Crippen LogP contribution >= 0.6 is 0 Å². The zero-order chi connectivity index (χ0) is 22.3. The van der Waals surface area contributed by atoms with Crippen LogP contribution in [0, 0.1) is 17.8 Å². The average Bonchev–Trinajstić information content (AvgIpc) is 2.76. The van der Waals surface area contributed by atoms with Gasteiger partial charge in [0.2, 0.25) is 5.79 Å². The maximum Gasteiger partial charge on any atom is 0.244 e. The van der Waals surface area contributed by atoms with Crippen LogP contribution in [-0.4, -0.2) is 5.79 Å². The lowest BCUT2D eigenvalue weighted by Gasteiger charge is -2.36. The molecule has 2 rings (SSSR count). The van der Waals surface area contributed by atoms with E-state index in [-0.39, 0.29) is 5.92 Å². The quantitative estimate of drug-likeness (QED) is 0.204. The number of hydrogen-bond donors (Lipinski definition) is 0. The van der Waals surface area contributed by atoms with E-state index in [1.165, 1.54) is 0 Å². The second-order valence-electron chi connectivity index (χ2n) is 8.50. The van der Waals surface area contributed by atoms with Crippen molar-refractivity contribution >= 4 is 0 Å². The molecule has 0 heterocycles. The lowest BCUT2D eigenvalue weighted by Crippen LogP contribution is -2.43.